The van der Waals surface area contributed by atoms with Gasteiger partial charge in [0.2, 0.25) is 0 Å². The van der Waals surface area contributed by atoms with Crippen LogP contribution in [0.5, 0.6) is 0 Å². The zero-order valence-corrected chi connectivity index (χ0v) is 19.6. The number of aromatic nitrogens is 1. The number of aryl methyl sites for hydroxylation is 2. The van der Waals surface area contributed by atoms with E-state index in [2.05, 4.69) is 10.6 Å². The van der Waals surface area contributed by atoms with Crippen LogP contribution >= 0.6 is 12.4 Å². The zero-order valence-electron chi connectivity index (χ0n) is 18.0. The highest BCUT2D eigenvalue weighted by Crippen LogP contribution is 2.30. The van der Waals surface area contributed by atoms with E-state index in [0.29, 0.717) is 23.4 Å². The number of rotatable bonds is 6. The summed E-state index contributed by atoms with van der Waals surface area (Å²) < 4.78 is 42.5. The fourth-order valence-corrected chi connectivity index (χ4v) is 5.13. The average Bonchev–Trinajstić information content (AvgIpc) is 3.09. The molecule has 0 fully saturated rings. The summed E-state index contributed by atoms with van der Waals surface area (Å²) in [4.78, 5) is 0.225. The third-order valence-corrected chi connectivity index (χ3v) is 6.84. The Balaban J connectivity index is 0.00000289. The van der Waals surface area contributed by atoms with E-state index in [1.165, 1.54) is 10.0 Å². The first-order chi connectivity index (χ1) is 14.8. The Morgan fingerprint density at radius 3 is 2.41 bits per heavy atom. The molecule has 0 aliphatic heterocycles. The Bertz CT molecular complexity index is 1380. The molecule has 3 aromatic carbocycles. The highest BCUT2D eigenvalue weighted by Gasteiger charge is 2.21. The summed E-state index contributed by atoms with van der Waals surface area (Å²) in [6.07, 6.45) is 1.65. The number of nitrogens with one attached hydrogen (secondary N) is 2. The van der Waals surface area contributed by atoms with Crippen LogP contribution in [0.3, 0.4) is 0 Å². The quantitative estimate of drug-likeness (QED) is 0.387. The minimum absolute atomic E-state index is 0. The van der Waals surface area contributed by atoms with Crippen molar-refractivity contribution in [1.82, 2.24) is 9.29 Å². The van der Waals surface area contributed by atoms with Crippen LogP contribution in [0.1, 0.15) is 16.7 Å². The molecule has 0 aliphatic rings. The van der Waals surface area contributed by atoms with Gasteiger partial charge in [-0.15, -0.1) is 12.4 Å². The summed E-state index contributed by atoms with van der Waals surface area (Å²) in [7, 11) is -1.99. The molecule has 4 aromatic rings. The van der Waals surface area contributed by atoms with Gasteiger partial charge in [-0.3, -0.25) is 0 Å². The van der Waals surface area contributed by atoms with Crippen molar-refractivity contribution in [1.29, 1.82) is 0 Å². The number of fused-ring (bicyclic) bond motifs is 1. The molecule has 1 heterocycles. The zero-order chi connectivity index (χ0) is 22.2. The predicted octanol–water partition coefficient (Wildman–Crippen LogP) is 5.52. The summed E-state index contributed by atoms with van der Waals surface area (Å²) in [6.45, 7) is 4.20. The van der Waals surface area contributed by atoms with Crippen molar-refractivity contribution < 1.29 is 12.8 Å². The van der Waals surface area contributed by atoms with E-state index in [0.717, 1.165) is 22.1 Å². The number of benzene rings is 3. The van der Waals surface area contributed by atoms with Crippen molar-refractivity contribution >= 4 is 44.7 Å². The monoisotopic (exact) mass is 473 g/mol. The summed E-state index contributed by atoms with van der Waals surface area (Å²) in [6, 6.07) is 17.2. The molecule has 0 atom stereocenters. The molecular weight excluding hydrogens is 449 g/mol. The second-order valence-electron chi connectivity index (χ2n) is 7.64. The third kappa shape index (κ3) is 4.50. The van der Waals surface area contributed by atoms with Crippen LogP contribution in [0.25, 0.3) is 10.9 Å². The minimum Gasteiger partial charge on any atom is -0.353 e. The lowest BCUT2D eigenvalue weighted by Gasteiger charge is -2.11. The summed E-state index contributed by atoms with van der Waals surface area (Å²) >= 11 is 0. The van der Waals surface area contributed by atoms with Gasteiger partial charge in [0.1, 0.15) is 5.82 Å². The highest BCUT2D eigenvalue weighted by atomic mass is 35.5. The van der Waals surface area contributed by atoms with Gasteiger partial charge in [-0.25, -0.2) is 16.8 Å². The molecule has 0 saturated heterocycles. The third-order valence-electron chi connectivity index (χ3n) is 5.17. The Morgan fingerprint density at radius 1 is 0.969 bits per heavy atom. The van der Waals surface area contributed by atoms with E-state index in [-0.39, 0.29) is 23.1 Å². The van der Waals surface area contributed by atoms with Gasteiger partial charge >= 0.3 is 0 Å². The molecule has 0 unspecified atom stereocenters. The molecule has 168 valence electrons. The van der Waals surface area contributed by atoms with Crippen LogP contribution in [0.15, 0.2) is 71.8 Å². The maximum atomic E-state index is 14.3. The fraction of sp³-hybridized carbons (Fsp3) is 0.167. The SMILES string of the molecule is CNCc1cn(S(=O)(=O)c2cccc(C)c2)c2cc(Nc3ccc(C)cc3F)ccc12.Cl. The fourth-order valence-electron chi connectivity index (χ4n) is 3.64. The van der Waals surface area contributed by atoms with Crippen LogP contribution in [0.2, 0.25) is 0 Å². The lowest BCUT2D eigenvalue weighted by Crippen LogP contribution is -2.12. The van der Waals surface area contributed by atoms with E-state index < -0.39 is 10.0 Å². The molecule has 8 heteroatoms. The Labute approximate surface area is 193 Å². The largest absolute Gasteiger partial charge is 0.353 e. The van der Waals surface area contributed by atoms with Crippen molar-refractivity contribution in [3.8, 4) is 0 Å². The maximum absolute atomic E-state index is 14.3. The van der Waals surface area contributed by atoms with Crippen molar-refractivity contribution in [2.45, 2.75) is 25.3 Å². The lowest BCUT2D eigenvalue weighted by molar-refractivity contribution is 0.588. The molecule has 0 spiro atoms. The van der Waals surface area contributed by atoms with Crippen LogP contribution in [0.4, 0.5) is 15.8 Å². The number of hydrogen-bond donors (Lipinski definition) is 2. The normalized spacial score (nSPS) is 11.4. The second-order valence-corrected chi connectivity index (χ2v) is 9.46. The molecule has 0 bridgehead atoms. The van der Waals surface area contributed by atoms with Crippen LogP contribution < -0.4 is 10.6 Å². The number of hydrogen-bond acceptors (Lipinski definition) is 4. The van der Waals surface area contributed by atoms with Gasteiger partial charge in [0.15, 0.2) is 0 Å². The Kier molecular flexibility index (Phi) is 6.93. The highest BCUT2D eigenvalue weighted by molar-refractivity contribution is 7.90. The number of halogens is 2. The van der Waals surface area contributed by atoms with Crippen molar-refractivity contribution in [3.63, 3.8) is 0 Å². The summed E-state index contributed by atoms with van der Waals surface area (Å²) in [5.41, 5.74) is 4.02. The predicted molar refractivity (Wildman–Crippen MR) is 130 cm³/mol. The van der Waals surface area contributed by atoms with Gasteiger partial charge in [0.05, 0.1) is 16.1 Å². The Morgan fingerprint density at radius 2 is 1.72 bits per heavy atom. The first-order valence-electron chi connectivity index (χ1n) is 9.93. The van der Waals surface area contributed by atoms with E-state index in [1.807, 2.05) is 45.2 Å². The first-order valence-corrected chi connectivity index (χ1v) is 11.4. The van der Waals surface area contributed by atoms with Crippen molar-refractivity contribution in [2.24, 2.45) is 0 Å². The van der Waals surface area contributed by atoms with Gasteiger partial charge in [-0.2, -0.15) is 0 Å². The number of anilines is 2. The maximum Gasteiger partial charge on any atom is 0.268 e. The molecule has 0 aliphatic carbocycles. The van der Waals surface area contributed by atoms with Crippen molar-refractivity contribution in [3.05, 3.63) is 89.4 Å². The molecule has 0 saturated carbocycles. The summed E-state index contributed by atoms with van der Waals surface area (Å²) in [5, 5.41) is 6.97. The van der Waals surface area contributed by atoms with Gasteiger partial charge in [0.25, 0.3) is 10.0 Å². The lowest BCUT2D eigenvalue weighted by atomic mass is 10.1. The molecule has 2 N–H and O–H groups in total. The molecule has 1 aromatic heterocycles. The standard InChI is InChI=1S/C24H24FN3O2S.ClH/c1-16-5-4-6-20(11-16)31(29,30)28-15-18(14-26-3)21-9-8-19(13-24(21)28)27-23-10-7-17(2)12-22(23)25;/h4-13,15,26-27H,14H2,1-3H3;1H. The second kappa shape index (κ2) is 9.32. The van der Waals surface area contributed by atoms with E-state index >= 15 is 0 Å². The average molecular weight is 474 g/mol. The molecule has 4 rings (SSSR count). The number of nitrogens with zero attached hydrogens (tertiary/aromatic N) is 1. The molecule has 0 radical (unpaired) electrons. The van der Waals surface area contributed by atoms with E-state index in [4.69, 9.17) is 0 Å². The molecule has 5 nitrogen and oxygen atoms in total. The van der Waals surface area contributed by atoms with E-state index in [1.54, 1.807) is 36.5 Å². The molecule has 32 heavy (non-hydrogen) atoms. The topological polar surface area (TPSA) is 63.1 Å². The smallest absolute Gasteiger partial charge is 0.268 e. The van der Waals surface area contributed by atoms with E-state index in [9.17, 15) is 12.8 Å². The van der Waals surface area contributed by atoms with Crippen LogP contribution in [0, 0.1) is 19.7 Å². The van der Waals surface area contributed by atoms with Crippen LogP contribution in [-0.4, -0.2) is 19.4 Å². The minimum atomic E-state index is -3.80. The first kappa shape index (κ1) is 23.8. The van der Waals surface area contributed by atoms with Gasteiger partial charge in [-0.05, 0) is 74.0 Å². The van der Waals surface area contributed by atoms with Gasteiger partial charge < -0.3 is 10.6 Å². The molecule has 0 amide bonds. The van der Waals surface area contributed by atoms with Gasteiger partial charge in [0, 0.05) is 23.8 Å². The van der Waals surface area contributed by atoms with Gasteiger partial charge in [-0.1, -0.05) is 24.3 Å². The molecular formula is C24H25ClFN3O2S. The summed E-state index contributed by atoms with van der Waals surface area (Å²) in [5.74, 6) is -0.362. The van der Waals surface area contributed by atoms with Crippen molar-refractivity contribution in [2.75, 3.05) is 12.4 Å². The Hall–Kier alpha value is -2.87. The van der Waals surface area contributed by atoms with Crippen LogP contribution in [-0.2, 0) is 16.6 Å².